The van der Waals surface area contributed by atoms with Crippen LogP contribution in [0.25, 0.3) is 0 Å². The van der Waals surface area contributed by atoms with Gasteiger partial charge in [-0.2, -0.15) is 0 Å². The molecule has 1 aliphatic rings. The first-order chi connectivity index (χ1) is 8.52. The molecule has 0 atom stereocenters. The van der Waals surface area contributed by atoms with Gasteiger partial charge in [0.05, 0.1) is 4.47 Å². The molecule has 1 aliphatic carbocycles. The third kappa shape index (κ3) is 2.72. The number of carbonyl (C=O) groups is 1. The van der Waals surface area contributed by atoms with Gasteiger partial charge in [-0.25, -0.2) is 4.79 Å². The lowest BCUT2D eigenvalue weighted by molar-refractivity contribution is -0.132. The van der Waals surface area contributed by atoms with E-state index in [1.165, 1.54) is 10.8 Å². The molecule has 98 valence electrons. The molecule has 1 N–H and O–H groups in total. The van der Waals surface area contributed by atoms with Crippen molar-refractivity contribution < 1.29 is 4.79 Å². The van der Waals surface area contributed by atoms with Crippen molar-refractivity contribution in [1.29, 1.82) is 0 Å². The second-order valence-corrected chi connectivity index (χ2v) is 5.13. The third-order valence-corrected chi connectivity index (χ3v) is 3.49. The highest BCUT2D eigenvalue weighted by molar-refractivity contribution is 9.10. The van der Waals surface area contributed by atoms with E-state index in [1.807, 2.05) is 6.92 Å². The molecule has 1 amide bonds. The second-order valence-electron chi connectivity index (χ2n) is 4.28. The maximum atomic E-state index is 12.0. The first kappa shape index (κ1) is 13.1. The minimum atomic E-state index is -0.566. The van der Waals surface area contributed by atoms with Gasteiger partial charge in [0.15, 0.2) is 0 Å². The molecular weight excluding hydrogens is 302 g/mol. The van der Waals surface area contributed by atoms with Crippen LogP contribution in [0.5, 0.6) is 0 Å². The maximum absolute atomic E-state index is 12.0. The smallest absolute Gasteiger partial charge is 0.328 e. The number of halogens is 1. The predicted molar refractivity (Wildman–Crippen MR) is 69.4 cm³/mol. The van der Waals surface area contributed by atoms with Crippen molar-refractivity contribution in [3.63, 3.8) is 0 Å². The number of amides is 1. The lowest BCUT2D eigenvalue weighted by Crippen LogP contribution is -2.39. The normalized spacial score (nSPS) is 14.6. The Labute approximate surface area is 112 Å². The van der Waals surface area contributed by atoms with Gasteiger partial charge >= 0.3 is 5.69 Å². The van der Waals surface area contributed by atoms with Crippen molar-refractivity contribution >= 4 is 21.8 Å². The topological polar surface area (TPSA) is 75.2 Å². The standard InChI is InChI=1S/C11H14BrN3O3/c1-2-15(7-3-4-7)9(16)6-14-5-8(12)10(17)13-11(14)18/h5,7H,2-4,6H2,1H3,(H,13,17,18). The first-order valence-electron chi connectivity index (χ1n) is 5.81. The van der Waals surface area contributed by atoms with E-state index in [1.54, 1.807) is 4.90 Å². The zero-order chi connectivity index (χ0) is 13.3. The highest BCUT2D eigenvalue weighted by Gasteiger charge is 2.31. The molecule has 0 radical (unpaired) electrons. The Bertz CT molecular complexity index is 574. The Morgan fingerprint density at radius 3 is 2.78 bits per heavy atom. The molecule has 1 fully saturated rings. The molecule has 1 heterocycles. The Morgan fingerprint density at radius 1 is 1.56 bits per heavy atom. The SMILES string of the molecule is CCN(C(=O)Cn1cc(Br)c(=O)[nH]c1=O)C1CC1. The van der Waals surface area contributed by atoms with Crippen molar-refractivity contribution in [1.82, 2.24) is 14.5 Å². The number of aromatic nitrogens is 2. The summed E-state index contributed by atoms with van der Waals surface area (Å²) in [6, 6.07) is 0.324. The molecular formula is C11H14BrN3O3. The van der Waals surface area contributed by atoms with Gasteiger partial charge in [0.1, 0.15) is 6.54 Å². The molecule has 0 spiro atoms. The Hall–Kier alpha value is -1.37. The van der Waals surface area contributed by atoms with E-state index in [-0.39, 0.29) is 16.9 Å². The fraction of sp³-hybridized carbons (Fsp3) is 0.545. The van der Waals surface area contributed by atoms with Gasteiger partial charge in [-0.15, -0.1) is 0 Å². The number of carbonyl (C=O) groups excluding carboxylic acids is 1. The van der Waals surface area contributed by atoms with Crippen molar-refractivity contribution in [3.8, 4) is 0 Å². The summed E-state index contributed by atoms with van der Waals surface area (Å²) in [5, 5.41) is 0. The monoisotopic (exact) mass is 315 g/mol. The number of rotatable bonds is 4. The van der Waals surface area contributed by atoms with E-state index < -0.39 is 11.2 Å². The van der Waals surface area contributed by atoms with E-state index in [9.17, 15) is 14.4 Å². The van der Waals surface area contributed by atoms with Gasteiger partial charge in [0.2, 0.25) is 5.91 Å². The Morgan fingerprint density at radius 2 is 2.22 bits per heavy atom. The molecule has 0 aromatic carbocycles. The van der Waals surface area contributed by atoms with E-state index >= 15 is 0 Å². The summed E-state index contributed by atoms with van der Waals surface area (Å²) in [4.78, 5) is 38.7. The fourth-order valence-electron chi connectivity index (χ4n) is 1.86. The van der Waals surface area contributed by atoms with Gasteiger partial charge in [0.25, 0.3) is 5.56 Å². The molecule has 0 saturated heterocycles. The molecule has 0 aliphatic heterocycles. The van der Waals surface area contributed by atoms with Gasteiger partial charge in [0, 0.05) is 18.8 Å². The summed E-state index contributed by atoms with van der Waals surface area (Å²) < 4.78 is 1.45. The molecule has 0 unspecified atom stereocenters. The summed E-state index contributed by atoms with van der Waals surface area (Å²) in [6.07, 6.45) is 3.41. The van der Waals surface area contributed by atoms with Crippen LogP contribution in [0.4, 0.5) is 0 Å². The minimum Gasteiger partial charge on any atom is -0.338 e. The number of nitrogens with one attached hydrogen (secondary N) is 1. The van der Waals surface area contributed by atoms with Crippen LogP contribution in [-0.2, 0) is 11.3 Å². The maximum Gasteiger partial charge on any atom is 0.328 e. The van der Waals surface area contributed by atoms with E-state index in [2.05, 4.69) is 20.9 Å². The highest BCUT2D eigenvalue weighted by Crippen LogP contribution is 2.26. The van der Waals surface area contributed by atoms with E-state index in [0.717, 1.165) is 12.8 Å². The summed E-state index contributed by atoms with van der Waals surface area (Å²) in [6.45, 7) is 2.52. The van der Waals surface area contributed by atoms with Crippen LogP contribution < -0.4 is 11.2 Å². The minimum absolute atomic E-state index is 0.0431. The zero-order valence-corrected chi connectivity index (χ0v) is 11.6. The molecule has 6 nitrogen and oxygen atoms in total. The van der Waals surface area contributed by atoms with Crippen LogP contribution in [0.1, 0.15) is 19.8 Å². The third-order valence-electron chi connectivity index (χ3n) is 2.92. The number of likely N-dealkylation sites (N-methyl/N-ethyl adjacent to an activating group) is 1. The number of hydrogen-bond acceptors (Lipinski definition) is 3. The van der Waals surface area contributed by atoms with Crippen LogP contribution in [0.15, 0.2) is 20.3 Å². The molecule has 1 aromatic rings. The number of H-pyrrole nitrogens is 1. The number of nitrogens with zero attached hydrogens (tertiary/aromatic N) is 2. The first-order valence-corrected chi connectivity index (χ1v) is 6.61. The van der Waals surface area contributed by atoms with Crippen molar-refractivity contribution in [2.24, 2.45) is 0 Å². The molecule has 7 heteroatoms. The Balaban J connectivity index is 2.18. The average Bonchev–Trinajstić information content (AvgIpc) is 3.11. The molecule has 0 bridgehead atoms. The van der Waals surface area contributed by atoms with E-state index in [0.29, 0.717) is 12.6 Å². The fourth-order valence-corrected chi connectivity index (χ4v) is 2.21. The number of hydrogen-bond donors (Lipinski definition) is 1. The lowest BCUT2D eigenvalue weighted by atomic mass is 10.4. The molecule has 1 aromatic heterocycles. The van der Waals surface area contributed by atoms with Crippen LogP contribution in [-0.4, -0.2) is 32.9 Å². The largest absolute Gasteiger partial charge is 0.338 e. The van der Waals surface area contributed by atoms with Gasteiger partial charge in [-0.1, -0.05) is 0 Å². The molecule has 1 saturated carbocycles. The van der Waals surface area contributed by atoms with E-state index in [4.69, 9.17) is 0 Å². The van der Waals surface area contributed by atoms with Crippen molar-refractivity contribution in [2.75, 3.05) is 6.54 Å². The van der Waals surface area contributed by atoms with Crippen molar-refractivity contribution in [3.05, 3.63) is 31.5 Å². The quantitative estimate of drug-likeness (QED) is 0.869. The van der Waals surface area contributed by atoms with Crippen LogP contribution in [0, 0.1) is 0 Å². The van der Waals surface area contributed by atoms with Crippen LogP contribution in [0.2, 0.25) is 0 Å². The molecule has 18 heavy (non-hydrogen) atoms. The summed E-state index contributed by atoms with van der Waals surface area (Å²) in [5.41, 5.74) is -1.05. The molecule has 2 rings (SSSR count). The van der Waals surface area contributed by atoms with Gasteiger partial charge < -0.3 is 4.90 Å². The Kier molecular flexibility index (Phi) is 3.70. The summed E-state index contributed by atoms with van der Waals surface area (Å²) in [7, 11) is 0. The second kappa shape index (κ2) is 5.09. The van der Waals surface area contributed by atoms with Gasteiger partial charge in [-0.05, 0) is 35.7 Å². The summed E-state index contributed by atoms with van der Waals surface area (Å²) in [5.74, 6) is -0.0963. The van der Waals surface area contributed by atoms with Gasteiger partial charge in [-0.3, -0.25) is 19.1 Å². The predicted octanol–water partition coefficient (Wildman–Crippen LogP) is 0.310. The number of aromatic amines is 1. The van der Waals surface area contributed by atoms with Crippen LogP contribution >= 0.6 is 15.9 Å². The zero-order valence-electron chi connectivity index (χ0n) is 9.98. The highest BCUT2D eigenvalue weighted by atomic mass is 79.9. The lowest BCUT2D eigenvalue weighted by Gasteiger charge is -2.20. The van der Waals surface area contributed by atoms with Crippen molar-refractivity contribution in [2.45, 2.75) is 32.4 Å². The summed E-state index contributed by atoms with van der Waals surface area (Å²) >= 11 is 3.04. The average molecular weight is 316 g/mol. The van der Waals surface area contributed by atoms with Crippen LogP contribution in [0.3, 0.4) is 0 Å².